The summed E-state index contributed by atoms with van der Waals surface area (Å²) in [6.07, 6.45) is 6.02. The number of nitrogens with one attached hydrogen (secondary N) is 1. The second-order valence-electron chi connectivity index (χ2n) is 8.27. The van der Waals surface area contributed by atoms with Crippen LogP contribution in [0.1, 0.15) is 37.2 Å². The molecule has 0 radical (unpaired) electrons. The molecule has 2 aliphatic heterocycles. The molecule has 1 saturated carbocycles. The van der Waals surface area contributed by atoms with Gasteiger partial charge >= 0.3 is 5.97 Å². The number of rotatable bonds is 4. The fourth-order valence-electron chi connectivity index (χ4n) is 4.73. The molecule has 0 amide bonds. The van der Waals surface area contributed by atoms with Gasteiger partial charge in [-0.2, -0.15) is 0 Å². The van der Waals surface area contributed by atoms with Crippen molar-refractivity contribution >= 4 is 23.3 Å². The van der Waals surface area contributed by atoms with Crippen molar-refractivity contribution in [1.82, 2.24) is 4.90 Å². The number of esters is 1. The highest BCUT2D eigenvalue weighted by Crippen LogP contribution is 2.43. The number of carbonyl (C=O) groups excluding carboxylic acids is 1. The molecule has 4 aliphatic rings. The number of anilines is 1. The van der Waals surface area contributed by atoms with Crippen molar-refractivity contribution in [2.75, 3.05) is 38.7 Å². The van der Waals surface area contributed by atoms with Gasteiger partial charge in [0.1, 0.15) is 6.17 Å². The Hall–Kier alpha value is -2.67. The fourth-order valence-corrected chi connectivity index (χ4v) is 4.73. The average Bonchev–Trinajstić information content (AvgIpc) is 3.23. The highest BCUT2D eigenvalue weighted by molar-refractivity contribution is 6.11. The first-order chi connectivity index (χ1) is 14.7. The molecule has 30 heavy (non-hydrogen) atoms. The maximum absolute atomic E-state index is 12.0. The van der Waals surface area contributed by atoms with E-state index >= 15 is 0 Å². The Labute approximate surface area is 176 Å². The molecule has 3 atom stereocenters. The van der Waals surface area contributed by atoms with E-state index in [1.54, 1.807) is 0 Å². The van der Waals surface area contributed by atoms with Crippen molar-refractivity contribution in [3.05, 3.63) is 41.5 Å². The van der Waals surface area contributed by atoms with Crippen molar-refractivity contribution < 1.29 is 14.3 Å². The number of morpholine rings is 1. The van der Waals surface area contributed by atoms with E-state index in [0.717, 1.165) is 69.3 Å². The van der Waals surface area contributed by atoms with Crippen LogP contribution in [0.15, 0.2) is 45.9 Å². The molecule has 3 unspecified atom stereocenters. The zero-order valence-corrected chi connectivity index (χ0v) is 17.3. The molecule has 1 N–H and O–H groups in total. The molecule has 2 heterocycles. The zero-order chi connectivity index (χ0) is 20.5. The molecule has 158 valence electrons. The van der Waals surface area contributed by atoms with Gasteiger partial charge in [-0.05, 0) is 49.3 Å². The summed E-state index contributed by atoms with van der Waals surface area (Å²) in [5, 5.41) is 3.61. The minimum atomic E-state index is -0.133. The van der Waals surface area contributed by atoms with Crippen LogP contribution < -0.4 is 5.32 Å². The third kappa shape index (κ3) is 3.62. The number of aliphatic imine (C=N–C) groups is 2. The number of methoxy groups -OCH3 is 1. The molecule has 1 saturated heterocycles. The predicted octanol–water partition coefficient (Wildman–Crippen LogP) is 2.95. The number of allylic oxidation sites excluding steroid dienone is 1. The second-order valence-corrected chi connectivity index (χ2v) is 8.27. The van der Waals surface area contributed by atoms with Crippen molar-refractivity contribution in [2.24, 2.45) is 15.9 Å². The third-order valence-corrected chi connectivity index (χ3v) is 6.54. The predicted molar refractivity (Wildman–Crippen MR) is 116 cm³/mol. The van der Waals surface area contributed by atoms with Gasteiger partial charge in [0.25, 0.3) is 0 Å². The molecule has 5 rings (SSSR count). The third-order valence-electron chi connectivity index (χ3n) is 6.54. The van der Waals surface area contributed by atoms with Crippen LogP contribution in [0.25, 0.3) is 0 Å². The number of fused-ring (bicyclic) bond motifs is 1. The average molecular weight is 409 g/mol. The van der Waals surface area contributed by atoms with Gasteiger partial charge in [0, 0.05) is 24.4 Å². The Bertz CT molecular complexity index is 917. The van der Waals surface area contributed by atoms with Gasteiger partial charge in [-0.15, -0.1) is 0 Å². The number of ether oxygens (including phenoxy) is 2. The highest BCUT2D eigenvalue weighted by atomic mass is 16.5. The van der Waals surface area contributed by atoms with Gasteiger partial charge in [0.15, 0.2) is 0 Å². The molecule has 2 fully saturated rings. The van der Waals surface area contributed by atoms with E-state index in [2.05, 4.69) is 40.6 Å². The number of hydrogen-bond acceptors (Lipinski definition) is 7. The fraction of sp³-hybridized carbons (Fsp3) is 0.522. The van der Waals surface area contributed by atoms with Crippen LogP contribution in [0.3, 0.4) is 0 Å². The van der Waals surface area contributed by atoms with Crippen molar-refractivity contribution in [1.29, 1.82) is 0 Å². The first-order valence-corrected chi connectivity index (χ1v) is 10.9. The van der Waals surface area contributed by atoms with Gasteiger partial charge < -0.3 is 19.7 Å². The summed E-state index contributed by atoms with van der Waals surface area (Å²) >= 11 is 0. The molecule has 0 spiro atoms. The van der Waals surface area contributed by atoms with E-state index in [1.165, 1.54) is 18.2 Å². The van der Waals surface area contributed by atoms with Crippen molar-refractivity contribution in [3.8, 4) is 0 Å². The molecular weight excluding hydrogens is 380 g/mol. The van der Waals surface area contributed by atoms with Gasteiger partial charge in [-0.3, -0.25) is 4.79 Å². The largest absolute Gasteiger partial charge is 0.469 e. The summed E-state index contributed by atoms with van der Waals surface area (Å²) in [6.45, 7) is 3.09. The van der Waals surface area contributed by atoms with E-state index in [0.29, 0.717) is 0 Å². The summed E-state index contributed by atoms with van der Waals surface area (Å²) in [6, 6.07) is 8.39. The quantitative estimate of drug-likeness (QED) is 0.776. The molecule has 1 aromatic carbocycles. The van der Waals surface area contributed by atoms with Crippen LogP contribution in [-0.4, -0.2) is 62.1 Å². The van der Waals surface area contributed by atoms with Gasteiger partial charge in [0.05, 0.1) is 32.0 Å². The zero-order valence-electron chi connectivity index (χ0n) is 17.3. The van der Waals surface area contributed by atoms with Crippen molar-refractivity contribution in [3.63, 3.8) is 0 Å². The summed E-state index contributed by atoms with van der Waals surface area (Å²) < 4.78 is 10.4. The lowest BCUT2D eigenvalue weighted by atomic mass is 9.70. The highest BCUT2D eigenvalue weighted by Gasteiger charge is 2.38. The molecule has 2 aliphatic carbocycles. The minimum absolute atomic E-state index is 0.0258. The van der Waals surface area contributed by atoms with Crippen LogP contribution in [0, 0.1) is 5.92 Å². The Morgan fingerprint density at radius 3 is 2.90 bits per heavy atom. The maximum Gasteiger partial charge on any atom is 0.309 e. The number of benzene rings is 1. The molecule has 1 aromatic rings. The van der Waals surface area contributed by atoms with Gasteiger partial charge in [0.2, 0.25) is 5.96 Å². The molecule has 0 aromatic heterocycles. The number of nitrogens with zero attached hydrogens (tertiary/aromatic N) is 3. The summed E-state index contributed by atoms with van der Waals surface area (Å²) in [5.41, 5.74) is 4.54. The monoisotopic (exact) mass is 408 g/mol. The smallest absolute Gasteiger partial charge is 0.309 e. The van der Waals surface area contributed by atoms with E-state index in [1.807, 2.05) is 0 Å². The molecule has 7 heteroatoms. The lowest BCUT2D eigenvalue weighted by Gasteiger charge is -2.35. The van der Waals surface area contributed by atoms with Crippen LogP contribution in [0.2, 0.25) is 0 Å². The SMILES string of the molecule is COC(=O)C1CCC1c1cccc(NC2N=C(N3CCOCC3)N=C3CCC=C32)c1. The van der Waals surface area contributed by atoms with E-state index in [-0.39, 0.29) is 24.0 Å². The van der Waals surface area contributed by atoms with Crippen LogP contribution in [-0.2, 0) is 14.3 Å². The molecule has 0 bridgehead atoms. The molecular formula is C23H28N4O3. The van der Waals surface area contributed by atoms with Gasteiger partial charge in [-0.25, -0.2) is 9.98 Å². The first kappa shape index (κ1) is 19.3. The number of guanidine groups is 1. The minimum Gasteiger partial charge on any atom is -0.469 e. The Morgan fingerprint density at radius 2 is 2.13 bits per heavy atom. The Morgan fingerprint density at radius 1 is 1.27 bits per heavy atom. The Kier molecular flexibility index (Phi) is 5.29. The van der Waals surface area contributed by atoms with Crippen LogP contribution >= 0.6 is 0 Å². The molecule has 7 nitrogen and oxygen atoms in total. The van der Waals surface area contributed by atoms with Crippen LogP contribution in [0.5, 0.6) is 0 Å². The number of hydrogen-bond donors (Lipinski definition) is 1. The Balaban J connectivity index is 1.36. The lowest BCUT2D eigenvalue weighted by Crippen LogP contribution is -2.43. The van der Waals surface area contributed by atoms with Gasteiger partial charge in [-0.1, -0.05) is 18.2 Å². The summed E-state index contributed by atoms with van der Waals surface area (Å²) in [4.78, 5) is 24.0. The maximum atomic E-state index is 12.0. The topological polar surface area (TPSA) is 75.5 Å². The first-order valence-electron chi connectivity index (χ1n) is 10.9. The number of carbonyl (C=O) groups is 1. The summed E-state index contributed by atoms with van der Waals surface area (Å²) in [7, 11) is 1.47. The second kappa shape index (κ2) is 8.22. The van der Waals surface area contributed by atoms with Crippen LogP contribution in [0.4, 0.5) is 5.69 Å². The standard InChI is InChI=1S/C23H28N4O3/c1-29-22(28)18-9-8-17(18)15-4-2-5-16(14-15)24-21-19-6-3-7-20(19)25-23(26-21)27-10-12-30-13-11-27/h2,4-6,14,17-18,21,24H,3,7-13H2,1H3. The van der Waals surface area contributed by atoms with E-state index in [4.69, 9.17) is 19.5 Å². The summed E-state index contributed by atoms with van der Waals surface area (Å²) in [5.74, 6) is 0.919. The lowest BCUT2D eigenvalue weighted by molar-refractivity contribution is -0.149. The normalized spacial score (nSPS) is 28.0. The van der Waals surface area contributed by atoms with E-state index < -0.39 is 0 Å². The van der Waals surface area contributed by atoms with Crippen molar-refractivity contribution in [2.45, 2.75) is 37.8 Å². The van der Waals surface area contributed by atoms with E-state index in [9.17, 15) is 4.79 Å².